The van der Waals surface area contributed by atoms with Crippen LogP contribution in [0.2, 0.25) is 5.02 Å². The van der Waals surface area contributed by atoms with Crippen LogP contribution < -0.4 is 4.90 Å². The number of anilines is 1. The number of pyridine rings is 1. The zero-order valence-electron chi connectivity index (χ0n) is 12.7. The molecular weight excluding hydrogens is 298 g/mol. The van der Waals surface area contributed by atoms with Gasteiger partial charge in [0, 0.05) is 38.9 Å². The average molecular weight is 318 g/mol. The number of hydrogen-bond acceptors (Lipinski definition) is 5. The molecule has 0 aliphatic carbocycles. The van der Waals surface area contributed by atoms with E-state index in [2.05, 4.69) is 37.9 Å². The maximum absolute atomic E-state index is 5.84. The number of piperidine rings is 1. The molecule has 6 heteroatoms. The molecule has 5 nitrogen and oxygen atoms in total. The Morgan fingerprint density at radius 3 is 2.55 bits per heavy atom. The van der Waals surface area contributed by atoms with Gasteiger partial charge in [-0.15, -0.1) is 0 Å². The van der Waals surface area contributed by atoms with E-state index in [1.165, 1.54) is 0 Å². The summed E-state index contributed by atoms with van der Waals surface area (Å²) in [7, 11) is 2.06. The van der Waals surface area contributed by atoms with Gasteiger partial charge < -0.3 is 4.90 Å². The van der Waals surface area contributed by atoms with Crippen LogP contribution in [-0.2, 0) is 6.54 Å². The number of aromatic nitrogens is 3. The second-order valence-electron chi connectivity index (χ2n) is 5.64. The molecule has 0 atom stereocenters. The molecule has 1 saturated heterocycles. The third kappa shape index (κ3) is 3.72. The van der Waals surface area contributed by atoms with E-state index in [0.29, 0.717) is 11.1 Å². The summed E-state index contributed by atoms with van der Waals surface area (Å²) < 4.78 is 0. The van der Waals surface area contributed by atoms with Gasteiger partial charge in [-0.1, -0.05) is 17.7 Å². The van der Waals surface area contributed by atoms with Crippen molar-refractivity contribution in [2.24, 2.45) is 0 Å². The van der Waals surface area contributed by atoms with Crippen LogP contribution in [0.3, 0.4) is 0 Å². The van der Waals surface area contributed by atoms with E-state index in [9.17, 15) is 0 Å². The van der Waals surface area contributed by atoms with Gasteiger partial charge in [-0.3, -0.25) is 9.88 Å². The Morgan fingerprint density at radius 2 is 1.91 bits per heavy atom. The molecule has 0 aromatic carbocycles. The molecular formula is C16H20ClN5. The predicted octanol–water partition coefficient (Wildman–Crippen LogP) is 2.63. The van der Waals surface area contributed by atoms with Crippen LogP contribution in [0.15, 0.2) is 36.8 Å². The minimum absolute atomic E-state index is 0.473. The predicted molar refractivity (Wildman–Crippen MR) is 88.0 cm³/mol. The second-order valence-corrected chi connectivity index (χ2v) is 6.08. The lowest BCUT2D eigenvalue weighted by molar-refractivity contribution is 0.201. The molecule has 0 N–H and O–H groups in total. The zero-order chi connectivity index (χ0) is 15.4. The SMILES string of the molecule is CN(c1ncc(Cl)cn1)C1CCN(Cc2ccccn2)CC1. The fraction of sp³-hybridized carbons (Fsp3) is 0.438. The maximum Gasteiger partial charge on any atom is 0.225 e. The van der Waals surface area contributed by atoms with Crippen molar-refractivity contribution in [3.05, 3.63) is 47.5 Å². The van der Waals surface area contributed by atoms with Gasteiger partial charge in [0.05, 0.1) is 23.1 Å². The summed E-state index contributed by atoms with van der Waals surface area (Å²) in [5.74, 6) is 0.743. The number of halogens is 1. The Hall–Kier alpha value is -1.72. The van der Waals surface area contributed by atoms with Crippen molar-refractivity contribution < 1.29 is 0 Å². The molecule has 2 aromatic heterocycles. The lowest BCUT2D eigenvalue weighted by Gasteiger charge is -2.36. The highest BCUT2D eigenvalue weighted by molar-refractivity contribution is 6.30. The topological polar surface area (TPSA) is 45.2 Å². The van der Waals surface area contributed by atoms with Gasteiger partial charge in [0.15, 0.2) is 0 Å². The van der Waals surface area contributed by atoms with Crippen LogP contribution in [0.1, 0.15) is 18.5 Å². The first-order chi connectivity index (χ1) is 10.7. The minimum Gasteiger partial charge on any atom is -0.341 e. The van der Waals surface area contributed by atoms with Crippen molar-refractivity contribution in [1.29, 1.82) is 0 Å². The summed E-state index contributed by atoms with van der Waals surface area (Å²) in [4.78, 5) is 17.6. The quantitative estimate of drug-likeness (QED) is 0.867. The van der Waals surface area contributed by atoms with E-state index in [1.807, 2.05) is 18.3 Å². The van der Waals surface area contributed by atoms with Crippen molar-refractivity contribution in [2.45, 2.75) is 25.4 Å². The van der Waals surface area contributed by atoms with E-state index < -0.39 is 0 Å². The van der Waals surface area contributed by atoms with Gasteiger partial charge in [-0.25, -0.2) is 9.97 Å². The van der Waals surface area contributed by atoms with E-state index in [1.54, 1.807) is 12.4 Å². The number of likely N-dealkylation sites (tertiary alicyclic amines) is 1. The molecule has 1 aliphatic rings. The molecule has 0 bridgehead atoms. The van der Waals surface area contributed by atoms with Crippen LogP contribution in [0.25, 0.3) is 0 Å². The highest BCUT2D eigenvalue weighted by atomic mass is 35.5. The Bertz CT molecular complexity index is 581. The maximum atomic E-state index is 5.84. The fourth-order valence-electron chi connectivity index (χ4n) is 2.84. The Morgan fingerprint density at radius 1 is 1.18 bits per heavy atom. The molecule has 2 aromatic rings. The normalized spacial score (nSPS) is 16.6. The van der Waals surface area contributed by atoms with E-state index in [-0.39, 0.29) is 0 Å². The van der Waals surface area contributed by atoms with Crippen LogP contribution in [0.5, 0.6) is 0 Å². The van der Waals surface area contributed by atoms with Crippen LogP contribution >= 0.6 is 11.6 Å². The number of hydrogen-bond donors (Lipinski definition) is 0. The summed E-state index contributed by atoms with van der Waals surface area (Å²) >= 11 is 5.84. The first kappa shape index (κ1) is 15.2. The zero-order valence-corrected chi connectivity index (χ0v) is 13.4. The Kier molecular flexibility index (Phi) is 4.85. The molecule has 116 valence electrons. The molecule has 0 spiro atoms. The fourth-order valence-corrected chi connectivity index (χ4v) is 2.93. The molecule has 1 aliphatic heterocycles. The molecule has 22 heavy (non-hydrogen) atoms. The highest BCUT2D eigenvalue weighted by Gasteiger charge is 2.24. The summed E-state index contributed by atoms with van der Waals surface area (Å²) in [6, 6.07) is 6.55. The van der Waals surface area contributed by atoms with Crippen molar-refractivity contribution in [3.63, 3.8) is 0 Å². The molecule has 3 rings (SSSR count). The average Bonchev–Trinajstić information content (AvgIpc) is 2.57. The molecule has 0 unspecified atom stereocenters. The van der Waals surface area contributed by atoms with Crippen molar-refractivity contribution in [3.8, 4) is 0 Å². The first-order valence-electron chi connectivity index (χ1n) is 7.55. The third-order valence-corrected chi connectivity index (χ3v) is 4.33. The lowest BCUT2D eigenvalue weighted by atomic mass is 10.0. The molecule has 0 radical (unpaired) electrons. The van der Waals surface area contributed by atoms with Gasteiger partial charge in [-0.05, 0) is 25.0 Å². The lowest BCUT2D eigenvalue weighted by Crippen LogP contribution is -2.43. The van der Waals surface area contributed by atoms with Crippen molar-refractivity contribution >= 4 is 17.5 Å². The van der Waals surface area contributed by atoms with Crippen LogP contribution in [-0.4, -0.2) is 46.0 Å². The first-order valence-corrected chi connectivity index (χ1v) is 7.93. The third-order valence-electron chi connectivity index (χ3n) is 4.14. The summed E-state index contributed by atoms with van der Waals surface area (Å²) in [6.07, 6.45) is 7.37. The summed E-state index contributed by atoms with van der Waals surface area (Å²) in [6.45, 7) is 3.06. The van der Waals surface area contributed by atoms with Crippen molar-refractivity contribution in [2.75, 3.05) is 25.0 Å². The summed E-state index contributed by atoms with van der Waals surface area (Å²) in [5.41, 5.74) is 1.13. The van der Waals surface area contributed by atoms with Crippen LogP contribution in [0, 0.1) is 0 Å². The minimum atomic E-state index is 0.473. The largest absolute Gasteiger partial charge is 0.341 e. The number of rotatable bonds is 4. The van der Waals surface area contributed by atoms with Gasteiger partial charge in [0.1, 0.15) is 0 Å². The highest BCUT2D eigenvalue weighted by Crippen LogP contribution is 2.20. The second kappa shape index (κ2) is 7.03. The monoisotopic (exact) mass is 317 g/mol. The van der Waals surface area contributed by atoms with Gasteiger partial charge >= 0.3 is 0 Å². The smallest absolute Gasteiger partial charge is 0.225 e. The molecule has 1 fully saturated rings. The van der Waals surface area contributed by atoms with Gasteiger partial charge in [0.25, 0.3) is 0 Å². The summed E-state index contributed by atoms with van der Waals surface area (Å²) in [5, 5.41) is 0.572. The van der Waals surface area contributed by atoms with E-state index in [4.69, 9.17) is 11.6 Å². The van der Waals surface area contributed by atoms with Gasteiger partial charge in [-0.2, -0.15) is 0 Å². The Balaban J connectivity index is 1.54. The van der Waals surface area contributed by atoms with E-state index in [0.717, 1.165) is 44.1 Å². The standard InChI is InChI=1S/C16H20ClN5/c1-21(16-19-10-13(17)11-20-16)15-5-8-22(9-6-15)12-14-4-2-3-7-18-14/h2-4,7,10-11,15H,5-6,8-9,12H2,1H3. The van der Waals surface area contributed by atoms with Gasteiger partial charge in [0.2, 0.25) is 5.95 Å². The molecule has 3 heterocycles. The van der Waals surface area contributed by atoms with E-state index >= 15 is 0 Å². The Labute approximate surface area is 136 Å². The molecule has 0 saturated carbocycles. The van der Waals surface area contributed by atoms with Crippen LogP contribution in [0.4, 0.5) is 5.95 Å². The van der Waals surface area contributed by atoms with Crippen molar-refractivity contribution in [1.82, 2.24) is 19.9 Å². The number of nitrogens with zero attached hydrogens (tertiary/aromatic N) is 5. The molecule has 0 amide bonds.